The molecule has 0 aliphatic heterocycles. The number of rotatable bonds is 2. The van der Waals surface area contributed by atoms with E-state index >= 15 is 0 Å². The Hall–Kier alpha value is -1.74. The molecule has 19 heavy (non-hydrogen) atoms. The molecule has 1 nitrogen and oxygen atoms in total. The molecular formula is C16H17F2N. The molecule has 0 amide bonds. The van der Waals surface area contributed by atoms with Gasteiger partial charge in [-0.05, 0) is 49.1 Å². The van der Waals surface area contributed by atoms with E-state index in [1.54, 1.807) is 32.0 Å². The number of halogens is 2. The van der Waals surface area contributed by atoms with Gasteiger partial charge in [0.15, 0.2) is 0 Å². The third-order valence-electron chi connectivity index (χ3n) is 3.31. The molecule has 2 aromatic carbocycles. The maximum absolute atomic E-state index is 13.9. The maximum atomic E-state index is 13.9. The first kappa shape index (κ1) is 13.7. The summed E-state index contributed by atoms with van der Waals surface area (Å²) in [7, 11) is 0. The van der Waals surface area contributed by atoms with Crippen LogP contribution in [0.1, 0.15) is 33.9 Å². The summed E-state index contributed by atoms with van der Waals surface area (Å²) in [4.78, 5) is 0. The summed E-state index contributed by atoms with van der Waals surface area (Å²) in [6.07, 6.45) is 0. The molecule has 2 rings (SSSR count). The summed E-state index contributed by atoms with van der Waals surface area (Å²) in [5.74, 6) is -0.563. The van der Waals surface area contributed by atoms with Gasteiger partial charge in [-0.15, -0.1) is 0 Å². The van der Waals surface area contributed by atoms with Gasteiger partial charge in [0.25, 0.3) is 0 Å². The molecule has 0 radical (unpaired) electrons. The average molecular weight is 261 g/mol. The van der Waals surface area contributed by atoms with Crippen molar-refractivity contribution in [2.75, 3.05) is 0 Å². The lowest BCUT2D eigenvalue weighted by molar-refractivity contribution is 0.594. The lowest BCUT2D eigenvalue weighted by Gasteiger charge is -2.16. The highest BCUT2D eigenvalue weighted by Crippen LogP contribution is 2.26. The normalized spacial score (nSPS) is 12.5. The molecule has 0 saturated carbocycles. The molecule has 100 valence electrons. The van der Waals surface area contributed by atoms with E-state index in [4.69, 9.17) is 5.73 Å². The highest BCUT2D eigenvalue weighted by atomic mass is 19.1. The summed E-state index contributed by atoms with van der Waals surface area (Å²) in [5.41, 5.74) is 9.14. The van der Waals surface area contributed by atoms with E-state index in [1.165, 1.54) is 6.07 Å². The van der Waals surface area contributed by atoms with E-state index in [2.05, 4.69) is 0 Å². The largest absolute Gasteiger partial charge is 0.320 e. The molecule has 0 saturated heterocycles. The number of benzene rings is 2. The fraction of sp³-hybridized carbons (Fsp3) is 0.250. The van der Waals surface area contributed by atoms with Gasteiger partial charge >= 0.3 is 0 Å². The van der Waals surface area contributed by atoms with Gasteiger partial charge in [0.2, 0.25) is 0 Å². The molecule has 0 aliphatic rings. The molecule has 0 aromatic heterocycles. The van der Waals surface area contributed by atoms with E-state index < -0.39 is 6.04 Å². The van der Waals surface area contributed by atoms with Crippen LogP contribution in [0.5, 0.6) is 0 Å². The molecular weight excluding hydrogens is 244 g/mol. The first-order valence-corrected chi connectivity index (χ1v) is 6.18. The van der Waals surface area contributed by atoms with Gasteiger partial charge in [-0.3, -0.25) is 0 Å². The van der Waals surface area contributed by atoms with Gasteiger partial charge in [-0.1, -0.05) is 24.3 Å². The lowest BCUT2D eigenvalue weighted by atomic mass is 9.95. The lowest BCUT2D eigenvalue weighted by Crippen LogP contribution is -2.14. The Balaban J connectivity index is 2.47. The minimum atomic E-state index is -0.585. The van der Waals surface area contributed by atoms with Crippen LogP contribution in [0.15, 0.2) is 30.3 Å². The van der Waals surface area contributed by atoms with Gasteiger partial charge < -0.3 is 5.73 Å². The van der Waals surface area contributed by atoms with Gasteiger partial charge in [0, 0.05) is 5.56 Å². The first-order valence-electron chi connectivity index (χ1n) is 6.18. The van der Waals surface area contributed by atoms with Crippen LogP contribution in [0.2, 0.25) is 0 Å². The van der Waals surface area contributed by atoms with Crippen LogP contribution >= 0.6 is 0 Å². The number of aryl methyl sites for hydroxylation is 3. The summed E-state index contributed by atoms with van der Waals surface area (Å²) in [6, 6.07) is 7.72. The van der Waals surface area contributed by atoms with Crippen LogP contribution < -0.4 is 5.73 Å². The highest BCUT2D eigenvalue weighted by Gasteiger charge is 2.15. The highest BCUT2D eigenvalue weighted by molar-refractivity contribution is 5.38. The first-order chi connectivity index (χ1) is 8.90. The maximum Gasteiger partial charge on any atom is 0.129 e. The summed E-state index contributed by atoms with van der Waals surface area (Å²) in [6.45, 7) is 5.19. The quantitative estimate of drug-likeness (QED) is 0.870. The Morgan fingerprint density at radius 1 is 0.947 bits per heavy atom. The fourth-order valence-corrected chi connectivity index (χ4v) is 2.22. The molecule has 2 N–H and O–H groups in total. The van der Waals surface area contributed by atoms with Crippen molar-refractivity contribution in [3.63, 3.8) is 0 Å². The average Bonchev–Trinajstić information content (AvgIpc) is 2.34. The van der Waals surface area contributed by atoms with Gasteiger partial charge in [-0.2, -0.15) is 0 Å². The molecule has 0 heterocycles. The third-order valence-corrected chi connectivity index (χ3v) is 3.31. The minimum Gasteiger partial charge on any atom is -0.320 e. The van der Waals surface area contributed by atoms with Crippen LogP contribution in [0.3, 0.4) is 0 Å². The smallest absolute Gasteiger partial charge is 0.129 e. The van der Waals surface area contributed by atoms with Crippen molar-refractivity contribution >= 4 is 0 Å². The van der Waals surface area contributed by atoms with Crippen molar-refractivity contribution in [3.05, 3.63) is 69.8 Å². The van der Waals surface area contributed by atoms with E-state index in [-0.39, 0.29) is 11.6 Å². The van der Waals surface area contributed by atoms with Crippen LogP contribution in [-0.2, 0) is 0 Å². The molecule has 1 atom stereocenters. The van der Waals surface area contributed by atoms with Crippen LogP contribution in [-0.4, -0.2) is 0 Å². The van der Waals surface area contributed by atoms with E-state index in [1.807, 2.05) is 13.0 Å². The summed E-state index contributed by atoms with van der Waals surface area (Å²) < 4.78 is 27.5. The van der Waals surface area contributed by atoms with E-state index in [9.17, 15) is 8.78 Å². The molecule has 0 spiro atoms. The van der Waals surface area contributed by atoms with E-state index in [0.717, 1.165) is 11.1 Å². The number of hydrogen-bond donors (Lipinski definition) is 1. The zero-order valence-corrected chi connectivity index (χ0v) is 11.3. The Bertz CT molecular complexity index is 597. The minimum absolute atomic E-state index is 0.236. The van der Waals surface area contributed by atoms with Crippen molar-refractivity contribution < 1.29 is 8.78 Å². The summed E-state index contributed by atoms with van der Waals surface area (Å²) >= 11 is 0. The summed E-state index contributed by atoms with van der Waals surface area (Å²) in [5, 5.41) is 0. The zero-order valence-electron chi connectivity index (χ0n) is 11.3. The topological polar surface area (TPSA) is 26.0 Å². The van der Waals surface area contributed by atoms with Crippen LogP contribution in [0.25, 0.3) is 0 Å². The Kier molecular flexibility index (Phi) is 3.67. The van der Waals surface area contributed by atoms with Crippen LogP contribution in [0, 0.1) is 32.4 Å². The Morgan fingerprint density at radius 2 is 1.53 bits per heavy atom. The van der Waals surface area contributed by atoms with E-state index in [0.29, 0.717) is 16.7 Å². The predicted molar refractivity (Wildman–Crippen MR) is 73.0 cm³/mol. The van der Waals surface area contributed by atoms with Crippen LogP contribution in [0.4, 0.5) is 8.78 Å². The molecule has 0 bridgehead atoms. The third kappa shape index (κ3) is 2.66. The molecule has 0 fully saturated rings. The second-order valence-corrected chi connectivity index (χ2v) is 4.97. The predicted octanol–water partition coefficient (Wildman–Crippen LogP) is 3.94. The van der Waals surface area contributed by atoms with Crippen molar-refractivity contribution in [2.45, 2.75) is 26.8 Å². The monoisotopic (exact) mass is 261 g/mol. The number of hydrogen-bond acceptors (Lipinski definition) is 1. The van der Waals surface area contributed by atoms with Gasteiger partial charge in [-0.25, -0.2) is 8.78 Å². The Morgan fingerprint density at radius 3 is 2.05 bits per heavy atom. The van der Waals surface area contributed by atoms with Crippen molar-refractivity contribution in [1.82, 2.24) is 0 Å². The second-order valence-electron chi connectivity index (χ2n) is 4.97. The van der Waals surface area contributed by atoms with Gasteiger partial charge in [0.05, 0.1) is 6.04 Å². The Labute approximate surface area is 112 Å². The molecule has 0 aliphatic carbocycles. The standard InChI is InChI=1S/C16H17F2N/c1-9-4-5-13(14(17)6-9)16(19)12-7-10(2)15(18)11(3)8-12/h4-8,16H,19H2,1-3H3. The molecule has 2 aromatic rings. The van der Waals surface area contributed by atoms with Crippen molar-refractivity contribution in [3.8, 4) is 0 Å². The zero-order chi connectivity index (χ0) is 14.2. The number of nitrogens with two attached hydrogens (primary N) is 1. The SMILES string of the molecule is Cc1ccc(C(N)c2cc(C)c(F)c(C)c2)c(F)c1. The van der Waals surface area contributed by atoms with Crippen molar-refractivity contribution in [2.24, 2.45) is 5.73 Å². The van der Waals surface area contributed by atoms with Crippen molar-refractivity contribution in [1.29, 1.82) is 0 Å². The second kappa shape index (κ2) is 5.10. The molecule has 1 unspecified atom stereocenters. The fourth-order valence-electron chi connectivity index (χ4n) is 2.22. The molecule has 3 heteroatoms. The van der Waals surface area contributed by atoms with Gasteiger partial charge in [0.1, 0.15) is 11.6 Å².